The van der Waals surface area contributed by atoms with Crippen LogP contribution in [0, 0.1) is 6.92 Å². The maximum Gasteiger partial charge on any atom is 0.344 e. The number of ether oxygens (including phenoxy) is 3. The summed E-state index contributed by atoms with van der Waals surface area (Å²) in [7, 11) is 0. The Bertz CT molecular complexity index is 1360. The molecule has 1 N–H and O–H groups in total. The highest BCUT2D eigenvalue weighted by molar-refractivity contribution is 8.18. The monoisotopic (exact) mass is 515 g/mol. The molecule has 0 saturated heterocycles. The normalized spacial score (nSPS) is 15.3. The number of benzene rings is 3. The maximum absolute atomic E-state index is 12.7. The van der Waals surface area contributed by atoms with Gasteiger partial charge in [0, 0.05) is 0 Å². The SMILES string of the molecule is CCOC(=O)C1=C(O)/C(=C/c2ccc(OCc3cccc(C)c3)c(OCC)c2)SC1=Nc1ccccc1. The van der Waals surface area contributed by atoms with Crippen LogP contribution in [0.25, 0.3) is 6.08 Å². The number of carbonyl (C=O) groups excluding carboxylic acids is 1. The summed E-state index contributed by atoms with van der Waals surface area (Å²) in [5.74, 6) is 0.457. The van der Waals surface area contributed by atoms with Crippen LogP contribution in [0.5, 0.6) is 11.5 Å². The van der Waals surface area contributed by atoms with Crippen molar-refractivity contribution in [3.05, 3.63) is 106 Å². The first-order valence-electron chi connectivity index (χ1n) is 12.1. The van der Waals surface area contributed by atoms with Gasteiger partial charge in [-0.05, 0) is 62.2 Å². The second-order valence-electron chi connectivity index (χ2n) is 8.22. The van der Waals surface area contributed by atoms with Crippen molar-refractivity contribution in [3.63, 3.8) is 0 Å². The Hall–Kier alpha value is -3.97. The third kappa shape index (κ3) is 6.62. The van der Waals surface area contributed by atoms with E-state index in [9.17, 15) is 9.90 Å². The summed E-state index contributed by atoms with van der Waals surface area (Å²) in [6.45, 7) is 6.77. The van der Waals surface area contributed by atoms with Crippen molar-refractivity contribution in [1.29, 1.82) is 0 Å². The van der Waals surface area contributed by atoms with E-state index in [2.05, 4.69) is 11.1 Å². The zero-order valence-corrected chi connectivity index (χ0v) is 21.9. The zero-order valence-electron chi connectivity index (χ0n) is 21.1. The Morgan fingerprint density at radius 3 is 2.49 bits per heavy atom. The number of aryl methyl sites for hydroxylation is 1. The number of thioether (sulfide) groups is 1. The fourth-order valence-electron chi connectivity index (χ4n) is 3.73. The van der Waals surface area contributed by atoms with E-state index in [0.717, 1.165) is 11.1 Å². The van der Waals surface area contributed by atoms with E-state index >= 15 is 0 Å². The lowest BCUT2D eigenvalue weighted by molar-refractivity contribution is -0.138. The zero-order chi connectivity index (χ0) is 26.2. The van der Waals surface area contributed by atoms with Gasteiger partial charge in [-0.15, -0.1) is 0 Å². The highest BCUT2D eigenvalue weighted by atomic mass is 32.2. The van der Waals surface area contributed by atoms with Crippen LogP contribution in [0.3, 0.4) is 0 Å². The minimum atomic E-state index is -0.611. The average Bonchev–Trinajstić information content (AvgIpc) is 3.18. The molecule has 0 fully saturated rings. The number of aliphatic hydroxyl groups is 1. The molecule has 37 heavy (non-hydrogen) atoms. The van der Waals surface area contributed by atoms with Gasteiger partial charge in [0.15, 0.2) is 11.5 Å². The predicted octanol–water partition coefficient (Wildman–Crippen LogP) is 7.17. The van der Waals surface area contributed by atoms with Crippen molar-refractivity contribution < 1.29 is 24.1 Å². The molecule has 0 aromatic heterocycles. The number of carbonyl (C=O) groups is 1. The third-order valence-corrected chi connectivity index (χ3v) is 6.42. The van der Waals surface area contributed by atoms with Crippen molar-refractivity contribution in [2.45, 2.75) is 27.4 Å². The number of esters is 1. The quantitative estimate of drug-likeness (QED) is 0.305. The molecule has 3 aromatic rings. The van der Waals surface area contributed by atoms with Crippen molar-refractivity contribution >= 4 is 34.5 Å². The lowest BCUT2D eigenvalue weighted by Crippen LogP contribution is -2.12. The molecular formula is C30H29NO5S. The Morgan fingerprint density at radius 2 is 1.76 bits per heavy atom. The molecule has 0 amide bonds. The number of hydrogen-bond donors (Lipinski definition) is 1. The van der Waals surface area contributed by atoms with Crippen LogP contribution < -0.4 is 9.47 Å². The first-order valence-corrected chi connectivity index (χ1v) is 12.9. The van der Waals surface area contributed by atoms with E-state index in [1.54, 1.807) is 13.0 Å². The highest BCUT2D eigenvalue weighted by Gasteiger charge is 2.33. The Morgan fingerprint density at radius 1 is 0.946 bits per heavy atom. The van der Waals surface area contributed by atoms with Crippen LogP contribution in [-0.4, -0.2) is 29.3 Å². The molecule has 4 rings (SSSR count). The van der Waals surface area contributed by atoms with E-state index in [-0.39, 0.29) is 17.9 Å². The number of hydrogen-bond acceptors (Lipinski definition) is 7. The number of nitrogens with zero attached hydrogens (tertiary/aromatic N) is 1. The van der Waals surface area contributed by atoms with Gasteiger partial charge in [-0.25, -0.2) is 9.79 Å². The topological polar surface area (TPSA) is 77.4 Å². The summed E-state index contributed by atoms with van der Waals surface area (Å²) in [4.78, 5) is 17.7. The van der Waals surface area contributed by atoms with Crippen molar-refractivity contribution in [2.24, 2.45) is 4.99 Å². The Kier molecular flexibility index (Phi) is 8.69. The lowest BCUT2D eigenvalue weighted by atomic mass is 10.1. The van der Waals surface area contributed by atoms with Gasteiger partial charge >= 0.3 is 5.97 Å². The van der Waals surface area contributed by atoms with Crippen molar-refractivity contribution in [2.75, 3.05) is 13.2 Å². The molecule has 0 aliphatic carbocycles. The lowest BCUT2D eigenvalue weighted by Gasteiger charge is -2.13. The summed E-state index contributed by atoms with van der Waals surface area (Å²) in [6.07, 6.45) is 1.79. The summed E-state index contributed by atoms with van der Waals surface area (Å²) in [6, 6.07) is 23.0. The molecule has 190 valence electrons. The third-order valence-electron chi connectivity index (χ3n) is 5.40. The largest absolute Gasteiger partial charge is 0.506 e. The van der Waals surface area contributed by atoms with Crippen LogP contribution in [0.1, 0.15) is 30.5 Å². The number of rotatable bonds is 9. The molecular weight excluding hydrogens is 486 g/mol. The number of aliphatic imine (C=N–C) groups is 1. The predicted molar refractivity (Wildman–Crippen MR) is 149 cm³/mol. The molecule has 0 saturated carbocycles. The molecule has 0 atom stereocenters. The van der Waals surface area contributed by atoms with Gasteiger partial charge in [0.25, 0.3) is 0 Å². The van der Waals surface area contributed by atoms with Crippen LogP contribution in [0.4, 0.5) is 5.69 Å². The van der Waals surface area contributed by atoms with Gasteiger partial charge in [0.05, 0.1) is 23.8 Å². The molecule has 0 spiro atoms. The summed E-state index contributed by atoms with van der Waals surface area (Å²) >= 11 is 1.22. The standard InChI is InChI=1S/C30H29NO5S/c1-4-34-25-17-21(14-15-24(25)36-19-22-11-9-10-20(3)16-22)18-26-28(32)27(30(33)35-5-2)29(37-26)31-23-12-7-6-8-13-23/h6-18,32H,4-5,19H2,1-3H3/b26-18-,31-29?. The van der Waals surface area contributed by atoms with Gasteiger partial charge in [0.1, 0.15) is 23.0 Å². The molecule has 0 bridgehead atoms. The van der Waals surface area contributed by atoms with Crippen LogP contribution in [-0.2, 0) is 16.1 Å². The van der Waals surface area contributed by atoms with E-state index in [4.69, 9.17) is 14.2 Å². The molecule has 6 nitrogen and oxygen atoms in total. The first kappa shape index (κ1) is 26.1. The van der Waals surface area contributed by atoms with Gasteiger partial charge < -0.3 is 19.3 Å². The highest BCUT2D eigenvalue weighted by Crippen LogP contribution is 2.41. The smallest absolute Gasteiger partial charge is 0.344 e. The fraction of sp³-hybridized carbons (Fsp3) is 0.200. The number of para-hydroxylation sites is 1. The molecule has 1 aliphatic rings. The maximum atomic E-state index is 12.7. The number of aliphatic hydroxyl groups excluding tert-OH is 1. The molecule has 1 heterocycles. The minimum absolute atomic E-state index is 0.0603. The van der Waals surface area contributed by atoms with Gasteiger partial charge in [-0.1, -0.05) is 65.9 Å². The van der Waals surface area contributed by atoms with E-state index in [1.165, 1.54) is 17.3 Å². The summed E-state index contributed by atoms with van der Waals surface area (Å²) < 4.78 is 17.1. The fourth-order valence-corrected chi connectivity index (χ4v) is 4.76. The van der Waals surface area contributed by atoms with Crippen LogP contribution in [0.2, 0.25) is 0 Å². The van der Waals surface area contributed by atoms with Crippen molar-refractivity contribution in [3.8, 4) is 11.5 Å². The summed E-state index contributed by atoms with van der Waals surface area (Å²) in [5, 5.41) is 11.4. The molecule has 3 aromatic carbocycles. The van der Waals surface area contributed by atoms with Crippen LogP contribution in [0.15, 0.2) is 94.0 Å². The van der Waals surface area contributed by atoms with E-state index in [1.807, 2.05) is 80.6 Å². The Labute approximate surface area is 221 Å². The second-order valence-corrected chi connectivity index (χ2v) is 9.25. The molecule has 1 aliphatic heterocycles. The van der Waals surface area contributed by atoms with Gasteiger partial charge in [0.2, 0.25) is 0 Å². The van der Waals surface area contributed by atoms with E-state index in [0.29, 0.717) is 40.3 Å². The molecule has 0 unspecified atom stereocenters. The second kappa shape index (κ2) is 12.3. The average molecular weight is 516 g/mol. The van der Waals surface area contributed by atoms with Gasteiger partial charge in [-0.2, -0.15) is 0 Å². The van der Waals surface area contributed by atoms with E-state index < -0.39 is 5.97 Å². The van der Waals surface area contributed by atoms with Gasteiger partial charge in [-0.3, -0.25) is 0 Å². The molecule has 7 heteroatoms. The first-order chi connectivity index (χ1) is 18.0. The van der Waals surface area contributed by atoms with Crippen LogP contribution >= 0.6 is 11.8 Å². The molecule has 0 radical (unpaired) electrons. The summed E-state index contributed by atoms with van der Waals surface area (Å²) in [5.41, 5.74) is 3.76. The van der Waals surface area contributed by atoms with Crippen molar-refractivity contribution in [1.82, 2.24) is 0 Å². The Balaban J connectivity index is 1.63. The minimum Gasteiger partial charge on any atom is -0.506 e.